The van der Waals surface area contributed by atoms with Crippen LogP contribution in [0, 0.1) is 0 Å². The van der Waals surface area contributed by atoms with Gasteiger partial charge in [0.1, 0.15) is 5.84 Å². The van der Waals surface area contributed by atoms with E-state index in [9.17, 15) is 0 Å². The summed E-state index contributed by atoms with van der Waals surface area (Å²) in [5.74, 6) is 1.09. The standard InChI is InChI=1S/C27H40ClN3.ClH/c28-22-18-16-21(17-19-22)26(29-23-10-4-1-5-11-23)20-27(30-24-12-6-2-7-13-24)31-25-14-8-3-9-15-25;/h16-20,23-25,29H,1-15H2,(H,30,31);1H/b26-20-;. The highest BCUT2D eigenvalue weighted by atomic mass is 35.5. The van der Waals surface area contributed by atoms with E-state index in [0.29, 0.717) is 18.1 Å². The molecule has 0 unspecified atom stereocenters. The van der Waals surface area contributed by atoms with Gasteiger partial charge in [-0.15, -0.1) is 12.4 Å². The molecule has 32 heavy (non-hydrogen) atoms. The molecule has 0 heterocycles. The Balaban J connectivity index is 0.00000289. The molecule has 0 saturated heterocycles. The third-order valence-corrected chi connectivity index (χ3v) is 7.51. The zero-order chi connectivity index (χ0) is 21.3. The minimum absolute atomic E-state index is 0. The number of hydrogen-bond acceptors (Lipinski definition) is 2. The smallest absolute Gasteiger partial charge is 0.123 e. The fourth-order valence-corrected chi connectivity index (χ4v) is 5.55. The zero-order valence-corrected chi connectivity index (χ0v) is 21.0. The van der Waals surface area contributed by atoms with Gasteiger partial charge in [0, 0.05) is 28.9 Å². The average molecular weight is 479 g/mol. The van der Waals surface area contributed by atoms with Gasteiger partial charge in [0.05, 0.1) is 6.04 Å². The highest BCUT2D eigenvalue weighted by molar-refractivity contribution is 6.30. The monoisotopic (exact) mass is 477 g/mol. The van der Waals surface area contributed by atoms with Crippen LogP contribution in [-0.2, 0) is 0 Å². The Hall–Kier alpha value is -1.19. The van der Waals surface area contributed by atoms with Crippen molar-refractivity contribution in [1.82, 2.24) is 10.6 Å². The van der Waals surface area contributed by atoms with Crippen molar-refractivity contribution in [2.75, 3.05) is 0 Å². The molecule has 1 aromatic carbocycles. The number of hydrogen-bond donors (Lipinski definition) is 2. The molecular weight excluding hydrogens is 437 g/mol. The number of aliphatic imine (C=N–C) groups is 1. The fraction of sp³-hybridized carbons (Fsp3) is 0.667. The summed E-state index contributed by atoms with van der Waals surface area (Å²) in [6.45, 7) is 0. The summed E-state index contributed by atoms with van der Waals surface area (Å²) in [5, 5.41) is 8.54. The summed E-state index contributed by atoms with van der Waals surface area (Å²) in [5.41, 5.74) is 2.40. The van der Waals surface area contributed by atoms with Gasteiger partial charge in [-0.2, -0.15) is 0 Å². The van der Waals surface area contributed by atoms with E-state index in [1.54, 1.807) is 0 Å². The zero-order valence-electron chi connectivity index (χ0n) is 19.5. The summed E-state index contributed by atoms with van der Waals surface area (Å²) in [6.07, 6.45) is 21.9. The largest absolute Gasteiger partial charge is 0.382 e. The second kappa shape index (κ2) is 13.5. The first-order valence-corrected chi connectivity index (χ1v) is 13.2. The normalized spacial score (nSPS) is 22.3. The molecule has 0 aromatic heterocycles. The Morgan fingerprint density at radius 1 is 0.719 bits per heavy atom. The molecule has 0 bridgehead atoms. The second-order valence-electron chi connectivity index (χ2n) is 9.83. The summed E-state index contributed by atoms with van der Waals surface area (Å²) >= 11 is 6.20. The van der Waals surface area contributed by atoms with E-state index in [2.05, 4.69) is 28.8 Å². The van der Waals surface area contributed by atoms with Crippen LogP contribution in [0.1, 0.15) is 102 Å². The first kappa shape index (κ1) is 25.4. The molecule has 3 nitrogen and oxygen atoms in total. The number of amidine groups is 1. The quantitative estimate of drug-likeness (QED) is 0.325. The number of nitrogens with one attached hydrogen (secondary N) is 2. The number of nitrogens with zero attached hydrogens (tertiary/aromatic N) is 1. The third kappa shape index (κ3) is 7.99. The first-order chi connectivity index (χ1) is 15.3. The predicted octanol–water partition coefficient (Wildman–Crippen LogP) is 7.68. The fourth-order valence-electron chi connectivity index (χ4n) is 5.42. The molecule has 3 aliphatic carbocycles. The summed E-state index contributed by atoms with van der Waals surface area (Å²) in [4.78, 5) is 5.27. The minimum Gasteiger partial charge on any atom is -0.382 e. The Kier molecular flexibility index (Phi) is 10.7. The lowest BCUT2D eigenvalue weighted by atomic mass is 9.94. The lowest BCUT2D eigenvalue weighted by molar-refractivity contribution is 0.407. The predicted molar refractivity (Wildman–Crippen MR) is 141 cm³/mol. The van der Waals surface area contributed by atoms with Crippen LogP contribution in [0.5, 0.6) is 0 Å². The van der Waals surface area contributed by atoms with Gasteiger partial charge in [0.2, 0.25) is 0 Å². The van der Waals surface area contributed by atoms with Gasteiger partial charge in [0.15, 0.2) is 0 Å². The maximum Gasteiger partial charge on any atom is 0.123 e. The molecular formula is C27H41Cl2N3. The second-order valence-corrected chi connectivity index (χ2v) is 10.3. The van der Waals surface area contributed by atoms with Crippen molar-refractivity contribution in [1.29, 1.82) is 0 Å². The number of benzene rings is 1. The highest BCUT2D eigenvalue weighted by Gasteiger charge is 2.19. The van der Waals surface area contributed by atoms with E-state index in [-0.39, 0.29) is 12.4 Å². The maximum atomic E-state index is 6.20. The van der Waals surface area contributed by atoms with Crippen LogP contribution in [0.25, 0.3) is 5.70 Å². The molecule has 4 rings (SSSR count). The van der Waals surface area contributed by atoms with Crippen LogP contribution in [0.15, 0.2) is 35.3 Å². The van der Waals surface area contributed by atoms with Gasteiger partial charge in [-0.25, -0.2) is 0 Å². The number of halogens is 2. The van der Waals surface area contributed by atoms with Crippen LogP contribution >= 0.6 is 24.0 Å². The first-order valence-electron chi connectivity index (χ1n) is 12.8. The molecule has 3 saturated carbocycles. The summed E-state index contributed by atoms with van der Waals surface area (Å²) < 4.78 is 0. The van der Waals surface area contributed by atoms with Crippen LogP contribution in [0.2, 0.25) is 5.02 Å². The van der Waals surface area contributed by atoms with Crippen LogP contribution in [0.4, 0.5) is 0 Å². The molecule has 3 aliphatic rings. The highest BCUT2D eigenvalue weighted by Crippen LogP contribution is 2.24. The van der Waals surface area contributed by atoms with E-state index >= 15 is 0 Å². The van der Waals surface area contributed by atoms with E-state index in [4.69, 9.17) is 16.6 Å². The van der Waals surface area contributed by atoms with E-state index in [0.717, 1.165) is 10.9 Å². The Bertz CT molecular complexity index is 726. The molecule has 2 N–H and O–H groups in total. The van der Waals surface area contributed by atoms with Crippen molar-refractivity contribution in [3.63, 3.8) is 0 Å². The van der Waals surface area contributed by atoms with E-state index < -0.39 is 0 Å². The van der Waals surface area contributed by atoms with Crippen molar-refractivity contribution in [3.05, 3.63) is 40.9 Å². The molecule has 178 valence electrons. The lowest BCUT2D eigenvalue weighted by Crippen LogP contribution is -2.37. The van der Waals surface area contributed by atoms with Crippen LogP contribution in [-0.4, -0.2) is 24.0 Å². The van der Waals surface area contributed by atoms with Gasteiger partial charge < -0.3 is 10.6 Å². The molecule has 0 amide bonds. The lowest BCUT2D eigenvalue weighted by Gasteiger charge is -2.28. The van der Waals surface area contributed by atoms with Crippen LogP contribution < -0.4 is 10.6 Å². The van der Waals surface area contributed by atoms with Crippen molar-refractivity contribution in [3.8, 4) is 0 Å². The van der Waals surface area contributed by atoms with Crippen molar-refractivity contribution in [2.45, 2.75) is 114 Å². The van der Waals surface area contributed by atoms with Gasteiger partial charge >= 0.3 is 0 Å². The van der Waals surface area contributed by atoms with Crippen molar-refractivity contribution >= 4 is 35.5 Å². The number of rotatable bonds is 6. The molecule has 1 aromatic rings. The molecule has 0 aliphatic heterocycles. The van der Waals surface area contributed by atoms with Gasteiger partial charge in [-0.1, -0.05) is 81.5 Å². The molecule has 5 heteroatoms. The maximum absolute atomic E-state index is 6.20. The molecule has 0 atom stereocenters. The Labute approximate surface area is 206 Å². The molecule has 0 radical (unpaired) electrons. The SMILES string of the molecule is Cl.Clc1ccc(/C(=C/C(=NC2CCCCC2)NC2CCCCC2)NC2CCCCC2)cc1. The Morgan fingerprint density at radius 3 is 1.78 bits per heavy atom. The third-order valence-electron chi connectivity index (χ3n) is 7.25. The molecule has 0 spiro atoms. The minimum atomic E-state index is 0. The summed E-state index contributed by atoms with van der Waals surface area (Å²) in [6, 6.07) is 9.87. The van der Waals surface area contributed by atoms with E-state index in [1.165, 1.54) is 108 Å². The average Bonchev–Trinajstić information content (AvgIpc) is 2.81. The topological polar surface area (TPSA) is 36.4 Å². The van der Waals surface area contributed by atoms with Gasteiger partial charge in [-0.3, -0.25) is 4.99 Å². The van der Waals surface area contributed by atoms with Gasteiger partial charge in [0.25, 0.3) is 0 Å². The molecule has 3 fully saturated rings. The van der Waals surface area contributed by atoms with Crippen molar-refractivity contribution in [2.24, 2.45) is 4.99 Å². The van der Waals surface area contributed by atoms with Gasteiger partial charge in [-0.05, 0) is 56.2 Å². The summed E-state index contributed by atoms with van der Waals surface area (Å²) in [7, 11) is 0. The Morgan fingerprint density at radius 2 is 1.22 bits per heavy atom. The van der Waals surface area contributed by atoms with Crippen LogP contribution in [0.3, 0.4) is 0 Å². The van der Waals surface area contributed by atoms with Crippen molar-refractivity contribution < 1.29 is 0 Å². The van der Waals surface area contributed by atoms with E-state index in [1.807, 2.05) is 12.1 Å².